The minimum absolute atomic E-state index is 0.713. The molecule has 0 spiro atoms. The average molecular weight is 365 g/mol. The molecule has 1 N–H and O–H groups in total. The third-order valence-corrected chi connectivity index (χ3v) is 4.51. The van der Waals surface area contributed by atoms with Gasteiger partial charge < -0.3 is 4.98 Å². The molecule has 2 heterocycles. The highest BCUT2D eigenvalue weighted by molar-refractivity contribution is 9.10. The number of aromatic amines is 1. The molecule has 0 radical (unpaired) electrons. The summed E-state index contributed by atoms with van der Waals surface area (Å²) in [6.45, 7) is 4.26. The van der Waals surface area contributed by atoms with Crippen molar-refractivity contribution in [3.63, 3.8) is 0 Å². The summed E-state index contributed by atoms with van der Waals surface area (Å²) in [5, 5.41) is 4.58. The monoisotopic (exact) mass is 364 g/mol. The second-order valence-electron chi connectivity index (χ2n) is 5.01. The lowest BCUT2D eigenvalue weighted by atomic mass is 10.1. The van der Waals surface area contributed by atoms with Crippen molar-refractivity contribution in [2.75, 3.05) is 0 Å². The van der Waals surface area contributed by atoms with Crippen LogP contribution >= 0.6 is 28.1 Å². The van der Waals surface area contributed by atoms with E-state index < -0.39 is 0 Å². The van der Waals surface area contributed by atoms with E-state index in [1.165, 1.54) is 5.56 Å². The fourth-order valence-corrected chi connectivity index (χ4v) is 3.43. The van der Waals surface area contributed by atoms with Crippen LogP contribution in [0.4, 0.5) is 0 Å². The number of imidazole rings is 1. The Balaban J connectivity index is 2.38. The van der Waals surface area contributed by atoms with E-state index in [2.05, 4.69) is 56.6 Å². The van der Waals surface area contributed by atoms with Crippen LogP contribution in [-0.4, -0.2) is 19.3 Å². The van der Waals surface area contributed by atoms with Crippen molar-refractivity contribution in [2.45, 2.75) is 26.7 Å². The topological polar surface area (TPSA) is 38.5 Å². The number of fused-ring (bicyclic) bond motifs is 1. The number of aromatic nitrogens is 4. The standard InChI is InChI=1S/C15H17BrN4S/c1-4-9-8-10(16)6-7-12(9)20-14-13(17-15(20)21)11(5-2)18-19(14)3/h6-8H,4-5H2,1-3H3,(H,17,21). The second-order valence-corrected chi connectivity index (χ2v) is 6.32. The summed E-state index contributed by atoms with van der Waals surface area (Å²) in [5.41, 5.74) is 5.47. The molecule has 0 atom stereocenters. The van der Waals surface area contributed by atoms with Crippen molar-refractivity contribution in [1.82, 2.24) is 19.3 Å². The lowest BCUT2D eigenvalue weighted by molar-refractivity contribution is 0.747. The van der Waals surface area contributed by atoms with E-state index >= 15 is 0 Å². The molecular formula is C15H17BrN4S. The van der Waals surface area contributed by atoms with Gasteiger partial charge in [-0.2, -0.15) is 5.10 Å². The van der Waals surface area contributed by atoms with E-state index in [1.54, 1.807) is 0 Å². The van der Waals surface area contributed by atoms with Gasteiger partial charge in [-0.1, -0.05) is 29.8 Å². The van der Waals surface area contributed by atoms with Crippen molar-refractivity contribution in [3.05, 3.63) is 38.7 Å². The number of halogens is 1. The molecule has 3 aromatic rings. The molecule has 2 aromatic heterocycles. The Morgan fingerprint density at radius 1 is 1.29 bits per heavy atom. The summed E-state index contributed by atoms with van der Waals surface area (Å²) in [5.74, 6) is 0. The van der Waals surface area contributed by atoms with E-state index in [0.29, 0.717) is 4.77 Å². The quantitative estimate of drug-likeness (QED) is 0.703. The van der Waals surface area contributed by atoms with Crippen molar-refractivity contribution < 1.29 is 0 Å². The van der Waals surface area contributed by atoms with Gasteiger partial charge in [0, 0.05) is 11.5 Å². The minimum Gasteiger partial charge on any atom is -0.327 e. The highest BCUT2D eigenvalue weighted by Crippen LogP contribution is 2.26. The van der Waals surface area contributed by atoms with Crippen molar-refractivity contribution >= 4 is 39.3 Å². The molecule has 0 aliphatic rings. The minimum atomic E-state index is 0.713. The van der Waals surface area contributed by atoms with Crippen LogP contribution in [0.2, 0.25) is 0 Å². The number of benzene rings is 1. The average Bonchev–Trinajstić information content (AvgIpc) is 2.96. The molecule has 0 aliphatic carbocycles. The fraction of sp³-hybridized carbons (Fsp3) is 0.333. The molecule has 3 rings (SSSR count). The smallest absolute Gasteiger partial charge is 0.184 e. The van der Waals surface area contributed by atoms with Crippen LogP contribution in [0.25, 0.3) is 16.9 Å². The largest absolute Gasteiger partial charge is 0.327 e. The number of H-pyrrole nitrogens is 1. The summed E-state index contributed by atoms with van der Waals surface area (Å²) < 4.78 is 5.79. The Bertz CT molecular complexity index is 872. The maximum atomic E-state index is 5.55. The Morgan fingerprint density at radius 2 is 2.05 bits per heavy atom. The molecule has 0 fully saturated rings. The molecular weight excluding hydrogens is 348 g/mol. The van der Waals surface area contributed by atoms with Gasteiger partial charge in [-0.15, -0.1) is 0 Å². The van der Waals surface area contributed by atoms with E-state index in [-0.39, 0.29) is 0 Å². The molecule has 1 aromatic carbocycles. The van der Waals surface area contributed by atoms with Gasteiger partial charge in [0.2, 0.25) is 0 Å². The highest BCUT2D eigenvalue weighted by Gasteiger charge is 2.16. The van der Waals surface area contributed by atoms with Gasteiger partial charge in [0.05, 0.1) is 11.4 Å². The second kappa shape index (κ2) is 5.42. The SMILES string of the molecule is CCc1cc(Br)ccc1-n1c(=S)[nH]c2c(CC)nn(C)c21. The number of aryl methyl sites for hydroxylation is 3. The van der Waals surface area contributed by atoms with Gasteiger partial charge >= 0.3 is 0 Å². The molecule has 0 aliphatic heterocycles. The summed E-state index contributed by atoms with van der Waals surface area (Å²) >= 11 is 9.09. The number of rotatable bonds is 3. The maximum absolute atomic E-state index is 5.55. The molecule has 0 amide bonds. The molecule has 0 saturated heterocycles. The Morgan fingerprint density at radius 3 is 2.71 bits per heavy atom. The lowest BCUT2D eigenvalue weighted by Gasteiger charge is -2.10. The highest BCUT2D eigenvalue weighted by atomic mass is 79.9. The van der Waals surface area contributed by atoms with Crippen molar-refractivity contribution in [3.8, 4) is 5.69 Å². The first-order valence-electron chi connectivity index (χ1n) is 7.02. The van der Waals surface area contributed by atoms with Crippen molar-refractivity contribution in [1.29, 1.82) is 0 Å². The molecule has 110 valence electrons. The van der Waals surface area contributed by atoms with E-state index in [1.807, 2.05) is 17.8 Å². The fourth-order valence-electron chi connectivity index (χ4n) is 2.74. The van der Waals surface area contributed by atoms with Crippen molar-refractivity contribution in [2.24, 2.45) is 7.05 Å². The molecule has 21 heavy (non-hydrogen) atoms. The third-order valence-electron chi connectivity index (χ3n) is 3.73. The first-order chi connectivity index (χ1) is 10.1. The Labute approximate surface area is 136 Å². The van der Waals surface area contributed by atoms with E-state index in [4.69, 9.17) is 12.2 Å². The van der Waals surface area contributed by atoms with E-state index in [9.17, 15) is 0 Å². The zero-order valence-electron chi connectivity index (χ0n) is 12.3. The van der Waals surface area contributed by atoms with E-state index in [0.717, 1.165) is 39.9 Å². The van der Waals surface area contributed by atoms with Gasteiger partial charge in [0.1, 0.15) is 5.52 Å². The summed E-state index contributed by atoms with van der Waals surface area (Å²) in [7, 11) is 1.96. The molecule has 0 bridgehead atoms. The molecule has 0 unspecified atom stereocenters. The number of hydrogen-bond donors (Lipinski definition) is 1. The summed E-state index contributed by atoms with van der Waals surface area (Å²) in [6.07, 6.45) is 1.83. The first kappa shape index (κ1) is 14.5. The van der Waals surface area contributed by atoms with Gasteiger partial charge in [-0.3, -0.25) is 4.57 Å². The molecule has 6 heteroatoms. The van der Waals surface area contributed by atoms with Gasteiger partial charge in [0.25, 0.3) is 0 Å². The van der Waals surface area contributed by atoms with Gasteiger partial charge in [-0.25, -0.2) is 4.68 Å². The molecule has 4 nitrogen and oxygen atoms in total. The predicted octanol–water partition coefficient (Wildman–Crippen LogP) is 4.31. The Kier molecular flexibility index (Phi) is 3.75. The zero-order chi connectivity index (χ0) is 15.1. The van der Waals surface area contributed by atoms with Gasteiger partial charge in [-0.05, 0) is 48.8 Å². The third kappa shape index (κ3) is 2.26. The van der Waals surface area contributed by atoms with Gasteiger partial charge in [0.15, 0.2) is 10.4 Å². The number of nitrogens with zero attached hydrogens (tertiary/aromatic N) is 3. The van der Waals surface area contributed by atoms with Crippen LogP contribution in [0, 0.1) is 4.77 Å². The number of nitrogens with one attached hydrogen (secondary N) is 1. The lowest BCUT2D eigenvalue weighted by Crippen LogP contribution is -2.03. The normalized spacial score (nSPS) is 11.4. The van der Waals surface area contributed by atoms with Crippen LogP contribution in [0.1, 0.15) is 25.1 Å². The molecule has 0 saturated carbocycles. The van der Waals surface area contributed by atoms with Crippen LogP contribution in [0.5, 0.6) is 0 Å². The zero-order valence-corrected chi connectivity index (χ0v) is 14.7. The van der Waals surface area contributed by atoms with Crippen LogP contribution < -0.4 is 0 Å². The Hall–Kier alpha value is -1.40. The van der Waals surface area contributed by atoms with Crippen LogP contribution in [-0.2, 0) is 19.9 Å². The summed E-state index contributed by atoms with van der Waals surface area (Å²) in [6, 6.07) is 6.30. The predicted molar refractivity (Wildman–Crippen MR) is 91.7 cm³/mol. The maximum Gasteiger partial charge on any atom is 0.184 e. The first-order valence-corrected chi connectivity index (χ1v) is 8.22. The number of hydrogen-bond acceptors (Lipinski definition) is 2. The summed E-state index contributed by atoms with van der Waals surface area (Å²) in [4.78, 5) is 3.31. The van der Waals surface area contributed by atoms with Crippen LogP contribution in [0.3, 0.4) is 0 Å². The van der Waals surface area contributed by atoms with Crippen LogP contribution in [0.15, 0.2) is 22.7 Å².